The fourth-order valence-corrected chi connectivity index (χ4v) is 3.78. The van der Waals surface area contributed by atoms with Crippen LogP contribution in [0.25, 0.3) is 11.5 Å². The van der Waals surface area contributed by atoms with Gasteiger partial charge in [-0.25, -0.2) is 9.97 Å². The van der Waals surface area contributed by atoms with Gasteiger partial charge in [0.2, 0.25) is 0 Å². The van der Waals surface area contributed by atoms with Gasteiger partial charge in [0, 0.05) is 32.8 Å². The quantitative estimate of drug-likeness (QED) is 0.679. The number of rotatable bonds is 5. The lowest BCUT2D eigenvalue weighted by atomic mass is 10.1. The van der Waals surface area contributed by atoms with Crippen LogP contribution in [0.4, 0.5) is 5.82 Å². The van der Waals surface area contributed by atoms with E-state index in [9.17, 15) is 0 Å². The molecule has 0 spiro atoms. The standard InChI is InChI=1S/C19H19Cl2N5O/c1-10-16(19-23-8-15(27-2)18(22)24-19)25-26(17(10)11-6-7-11)9-12-13(20)4-3-5-14(12)21/h3-5,8,11H,6-7,9H2,1-2H3,(H2,22,23,24). The number of anilines is 1. The topological polar surface area (TPSA) is 78.9 Å². The average Bonchev–Trinajstić information content (AvgIpc) is 3.42. The summed E-state index contributed by atoms with van der Waals surface area (Å²) in [6.45, 7) is 2.54. The maximum absolute atomic E-state index is 6.36. The molecule has 0 saturated heterocycles. The lowest BCUT2D eigenvalue weighted by molar-refractivity contribution is 0.413. The molecule has 0 amide bonds. The summed E-state index contributed by atoms with van der Waals surface area (Å²) >= 11 is 12.7. The fraction of sp³-hybridized carbons (Fsp3) is 0.316. The first kappa shape index (κ1) is 18.1. The van der Waals surface area contributed by atoms with E-state index in [0.717, 1.165) is 29.7 Å². The predicted octanol–water partition coefficient (Wildman–Crippen LogP) is 4.47. The molecule has 2 heterocycles. The van der Waals surface area contributed by atoms with Crippen LogP contribution in [-0.4, -0.2) is 26.9 Å². The van der Waals surface area contributed by atoms with Gasteiger partial charge >= 0.3 is 0 Å². The summed E-state index contributed by atoms with van der Waals surface area (Å²) in [5.74, 6) is 1.71. The largest absolute Gasteiger partial charge is 0.491 e. The molecule has 6 nitrogen and oxygen atoms in total. The Morgan fingerprint density at radius 2 is 1.96 bits per heavy atom. The molecule has 1 aliphatic rings. The number of ether oxygens (including phenoxy) is 1. The van der Waals surface area contributed by atoms with Gasteiger partial charge < -0.3 is 10.5 Å². The minimum absolute atomic E-state index is 0.290. The van der Waals surface area contributed by atoms with E-state index in [1.165, 1.54) is 12.8 Å². The Morgan fingerprint density at radius 3 is 2.56 bits per heavy atom. The summed E-state index contributed by atoms with van der Waals surface area (Å²) in [7, 11) is 1.53. The second kappa shape index (κ2) is 7.02. The minimum atomic E-state index is 0.290. The van der Waals surface area contributed by atoms with Crippen LogP contribution in [-0.2, 0) is 6.54 Å². The summed E-state index contributed by atoms with van der Waals surface area (Å²) in [6.07, 6.45) is 3.86. The van der Waals surface area contributed by atoms with Gasteiger partial charge in [0.25, 0.3) is 0 Å². The van der Waals surface area contributed by atoms with Crippen molar-refractivity contribution >= 4 is 29.0 Å². The summed E-state index contributed by atoms with van der Waals surface area (Å²) < 4.78 is 7.12. The van der Waals surface area contributed by atoms with E-state index in [-0.39, 0.29) is 0 Å². The Kier molecular flexibility index (Phi) is 4.70. The molecule has 0 unspecified atom stereocenters. The van der Waals surface area contributed by atoms with Crippen LogP contribution >= 0.6 is 23.2 Å². The van der Waals surface area contributed by atoms with Gasteiger partial charge in [-0.15, -0.1) is 0 Å². The van der Waals surface area contributed by atoms with Gasteiger partial charge in [-0.3, -0.25) is 4.68 Å². The van der Waals surface area contributed by atoms with Crippen molar-refractivity contribution in [3.05, 3.63) is 51.3 Å². The summed E-state index contributed by atoms with van der Waals surface area (Å²) in [5, 5.41) is 6.05. The van der Waals surface area contributed by atoms with Crippen molar-refractivity contribution in [1.29, 1.82) is 0 Å². The van der Waals surface area contributed by atoms with Crippen LogP contribution in [0, 0.1) is 6.92 Å². The number of halogens is 2. The van der Waals surface area contributed by atoms with Gasteiger partial charge in [-0.05, 0) is 31.9 Å². The summed E-state index contributed by atoms with van der Waals surface area (Å²) in [4.78, 5) is 8.74. The first-order valence-electron chi connectivity index (χ1n) is 8.66. The van der Waals surface area contributed by atoms with Crippen molar-refractivity contribution < 1.29 is 4.74 Å². The normalized spacial score (nSPS) is 13.8. The molecule has 1 aliphatic carbocycles. The molecular formula is C19H19Cl2N5O. The van der Waals surface area contributed by atoms with Crippen LogP contribution in [0.5, 0.6) is 5.75 Å². The molecule has 140 valence electrons. The number of benzene rings is 1. The second-order valence-electron chi connectivity index (χ2n) is 6.64. The van der Waals surface area contributed by atoms with Crippen LogP contribution < -0.4 is 10.5 Å². The zero-order valence-electron chi connectivity index (χ0n) is 15.0. The minimum Gasteiger partial charge on any atom is -0.491 e. The lowest BCUT2D eigenvalue weighted by Gasteiger charge is -2.10. The number of nitrogens with zero attached hydrogens (tertiary/aromatic N) is 4. The van der Waals surface area contributed by atoms with Gasteiger partial charge in [0.15, 0.2) is 17.4 Å². The number of methoxy groups -OCH3 is 1. The first-order chi connectivity index (χ1) is 13.0. The van der Waals surface area contributed by atoms with Gasteiger partial charge in [-0.1, -0.05) is 29.3 Å². The third kappa shape index (κ3) is 3.35. The number of hydrogen-bond acceptors (Lipinski definition) is 5. The molecule has 8 heteroatoms. The Labute approximate surface area is 167 Å². The third-order valence-electron chi connectivity index (χ3n) is 4.79. The number of aromatic nitrogens is 4. The Bertz CT molecular complexity index is 993. The van der Waals surface area contributed by atoms with Crippen LogP contribution in [0.2, 0.25) is 10.0 Å². The predicted molar refractivity (Wildman–Crippen MR) is 106 cm³/mol. The third-order valence-corrected chi connectivity index (χ3v) is 5.49. The van der Waals surface area contributed by atoms with Crippen LogP contribution in [0.3, 0.4) is 0 Å². The monoisotopic (exact) mass is 403 g/mol. The number of hydrogen-bond donors (Lipinski definition) is 1. The zero-order valence-corrected chi connectivity index (χ0v) is 16.6. The molecule has 0 atom stereocenters. The van der Waals surface area contributed by atoms with E-state index in [1.807, 2.05) is 29.8 Å². The summed E-state index contributed by atoms with van der Waals surface area (Å²) in [6, 6.07) is 5.51. The van der Waals surface area contributed by atoms with Crippen LogP contribution in [0.1, 0.15) is 35.6 Å². The van der Waals surface area contributed by atoms with Gasteiger partial charge in [-0.2, -0.15) is 5.10 Å². The first-order valence-corrected chi connectivity index (χ1v) is 9.42. The molecule has 1 saturated carbocycles. The highest BCUT2D eigenvalue weighted by molar-refractivity contribution is 6.35. The second-order valence-corrected chi connectivity index (χ2v) is 7.45. The molecule has 2 N–H and O–H groups in total. The van der Waals surface area contributed by atoms with Gasteiger partial charge in [0.05, 0.1) is 19.9 Å². The lowest BCUT2D eigenvalue weighted by Crippen LogP contribution is -2.07. The van der Waals surface area contributed by atoms with Crippen molar-refractivity contribution in [3.63, 3.8) is 0 Å². The van der Waals surface area contributed by atoms with E-state index in [4.69, 9.17) is 38.8 Å². The Morgan fingerprint density at radius 1 is 1.26 bits per heavy atom. The van der Waals surface area contributed by atoms with E-state index in [0.29, 0.717) is 39.9 Å². The van der Waals surface area contributed by atoms with E-state index < -0.39 is 0 Å². The van der Waals surface area contributed by atoms with E-state index in [1.54, 1.807) is 6.20 Å². The van der Waals surface area contributed by atoms with Crippen molar-refractivity contribution in [1.82, 2.24) is 19.7 Å². The maximum atomic E-state index is 6.36. The Balaban J connectivity index is 1.79. The highest BCUT2D eigenvalue weighted by Crippen LogP contribution is 2.44. The molecule has 3 aromatic rings. The highest BCUT2D eigenvalue weighted by Gasteiger charge is 2.32. The van der Waals surface area contributed by atoms with E-state index >= 15 is 0 Å². The van der Waals surface area contributed by atoms with Crippen molar-refractivity contribution in [2.45, 2.75) is 32.2 Å². The average molecular weight is 404 g/mol. The van der Waals surface area contributed by atoms with Gasteiger partial charge in [0.1, 0.15) is 5.69 Å². The molecule has 2 aromatic heterocycles. The maximum Gasteiger partial charge on any atom is 0.182 e. The van der Waals surface area contributed by atoms with Crippen molar-refractivity contribution in [2.75, 3.05) is 12.8 Å². The van der Waals surface area contributed by atoms with E-state index in [2.05, 4.69) is 9.97 Å². The highest BCUT2D eigenvalue weighted by atomic mass is 35.5. The molecule has 0 aliphatic heterocycles. The fourth-order valence-electron chi connectivity index (χ4n) is 3.26. The molecule has 0 radical (unpaired) electrons. The molecule has 27 heavy (non-hydrogen) atoms. The van der Waals surface area contributed by atoms with Crippen molar-refractivity contribution in [3.8, 4) is 17.3 Å². The zero-order chi connectivity index (χ0) is 19.1. The SMILES string of the molecule is COc1cnc(-c2nn(Cc3c(Cl)cccc3Cl)c(C3CC3)c2C)nc1N. The summed E-state index contributed by atoms with van der Waals surface area (Å²) in [5.41, 5.74) is 9.76. The molecule has 1 aromatic carbocycles. The number of nitrogen functional groups attached to an aromatic ring is 1. The smallest absolute Gasteiger partial charge is 0.182 e. The molecule has 1 fully saturated rings. The van der Waals surface area contributed by atoms with Crippen molar-refractivity contribution in [2.24, 2.45) is 0 Å². The molecule has 4 rings (SSSR count). The molecule has 0 bridgehead atoms. The number of nitrogens with two attached hydrogens (primary N) is 1. The Hall–Kier alpha value is -2.31. The molecular weight excluding hydrogens is 385 g/mol. The van der Waals surface area contributed by atoms with Crippen LogP contribution in [0.15, 0.2) is 24.4 Å².